The Morgan fingerprint density at radius 2 is 1.97 bits per heavy atom. The standard InChI is InChI=1S/C19H22N4O4S2/c1-22(2)29(25,26)17-11-13(9-10-16(17)27-4)20-18(24)12-28-19-21-14-7-5-6-8-15(14)23(19)3/h5-11H,12H2,1-4H3,(H,20,24). The molecule has 0 aliphatic rings. The minimum absolute atomic E-state index is 0.00851. The molecule has 1 amide bonds. The number of benzene rings is 2. The van der Waals surface area contributed by atoms with Gasteiger partial charge in [0.05, 0.1) is 23.9 Å². The van der Waals surface area contributed by atoms with E-state index in [0.717, 1.165) is 20.5 Å². The lowest BCUT2D eigenvalue weighted by Gasteiger charge is -2.16. The summed E-state index contributed by atoms with van der Waals surface area (Å²) in [6.07, 6.45) is 0. The first-order valence-corrected chi connectivity index (χ1v) is 11.1. The number of ether oxygens (including phenoxy) is 1. The quantitative estimate of drug-likeness (QED) is 0.575. The van der Waals surface area contributed by atoms with Crippen molar-refractivity contribution in [3.8, 4) is 5.75 Å². The maximum Gasteiger partial charge on any atom is 0.246 e. The van der Waals surface area contributed by atoms with Gasteiger partial charge in [0.15, 0.2) is 5.16 Å². The molecule has 0 atom stereocenters. The summed E-state index contributed by atoms with van der Waals surface area (Å²) in [6.45, 7) is 0. The minimum Gasteiger partial charge on any atom is -0.495 e. The molecule has 1 aromatic heterocycles. The zero-order valence-corrected chi connectivity index (χ0v) is 18.2. The summed E-state index contributed by atoms with van der Waals surface area (Å²) in [4.78, 5) is 16.9. The van der Waals surface area contributed by atoms with Gasteiger partial charge in [-0.25, -0.2) is 17.7 Å². The summed E-state index contributed by atoms with van der Waals surface area (Å²) in [5.74, 6) is 0.0880. The number of thioether (sulfide) groups is 1. The minimum atomic E-state index is -3.72. The molecule has 1 heterocycles. The smallest absolute Gasteiger partial charge is 0.246 e. The van der Waals surface area contributed by atoms with Crippen LogP contribution in [0, 0.1) is 0 Å². The van der Waals surface area contributed by atoms with E-state index in [4.69, 9.17) is 4.74 Å². The number of para-hydroxylation sites is 2. The van der Waals surface area contributed by atoms with Crippen molar-refractivity contribution in [1.29, 1.82) is 0 Å². The Kier molecular flexibility index (Phi) is 6.15. The second kappa shape index (κ2) is 8.44. The number of sulfonamides is 1. The van der Waals surface area contributed by atoms with Crippen molar-refractivity contribution in [2.45, 2.75) is 10.1 Å². The maximum atomic E-state index is 12.5. The van der Waals surface area contributed by atoms with Crippen LogP contribution in [0.15, 0.2) is 52.5 Å². The Hall–Kier alpha value is -2.56. The van der Waals surface area contributed by atoms with Crippen molar-refractivity contribution < 1.29 is 17.9 Å². The number of anilines is 1. The highest BCUT2D eigenvalue weighted by Crippen LogP contribution is 2.29. The van der Waals surface area contributed by atoms with Gasteiger partial charge in [-0.2, -0.15) is 0 Å². The topological polar surface area (TPSA) is 93.5 Å². The van der Waals surface area contributed by atoms with Crippen LogP contribution < -0.4 is 10.1 Å². The first-order valence-electron chi connectivity index (χ1n) is 8.68. The molecule has 154 valence electrons. The van der Waals surface area contributed by atoms with Gasteiger partial charge >= 0.3 is 0 Å². The fraction of sp³-hybridized carbons (Fsp3) is 0.263. The molecule has 2 aromatic carbocycles. The zero-order valence-electron chi connectivity index (χ0n) is 16.5. The van der Waals surface area contributed by atoms with E-state index < -0.39 is 10.0 Å². The molecule has 8 nitrogen and oxygen atoms in total. The third kappa shape index (κ3) is 4.39. The third-order valence-electron chi connectivity index (χ3n) is 4.28. The normalized spacial score (nSPS) is 11.8. The largest absolute Gasteiger partial charge is 0.495 e. The average Bonchev–Trinajstić information content (AvgIpc) is 3.02. The Bertz CT molecular complexity index is 1160. The van der Waals surface area contributed by atoms with Crippen LogP contribution in [0.1, 0.15) is 0 Å². The maximum absolute atomic E-state index is 12.5. The van der Waals surface area contributed by atoms with Gasteiger partial charge in [-0.1, -0.05) is 23.9 Å². The number of aromatic nitrogens is 2. The number of hydrogen-bond donors (Lipinski definition) is 1. The highest BCUT2D eigenvalue weighted by atomic mass is 32.2. The van der Waals surface area contributed by atoms with Gasteiger partial charge in [0.25, 0.3) is 0 Å². The highest BCUT2D eigenvalue weighted by Gasteiger charge is 2.23. The van der Waals surface area contributed by atoms with Gasteiger partial charge in [0, 0.05) is 26.8 Å². The van der Waals surface area contributed by atoms with Gasteiger partial charge in [-0.15, -0.1) is 0 Å². The van der Waals surface area contributed by atoms with Gasteiger partial charge in [0.2, 0.25) is 15.9 Å². The number of methoxy groups -OCH3 is 1. The van der Waals surface area contributed by atoms with Crippen LogP contribution >= 0.6 is 11.8 Å². The number of carbonyl (C=O) groups excluding carboxylic acids is 1. The monoisotopic (exact) mass is 434 g/mol. The van der Waals surface area contributed by atoms with E-state index in [2.05, 4.69) is 10.3 Å². The second-order valence-electron chi connectivity index (χ2n) is 6.43. The van der Waals surface area contributed by atoms with Crippen molar-refractivity contribution in [2.75, 3.05) is 32.3 Å². The van der Waals surface area contributed by atoms with E-state index in [9.17, 15) is 13.2 Å². The van der Waals surface area contributed by atoms with Gasteiger partial charge < -0.3 is 14.6 Å². The lowest BCUT2D eigenvalue weighted by atomic mass is 10.3. The van der Waals surface area contributed by atoms with E-state index in [-0.39, 0.29) is 22.3 Å². The first-order chi connectivity index (χ1) is 13.7. The van der Waals surface area contributed by atoms with Crippen LogP contribution in [0.2, 0.25) is 0 Å². The number of carbonyl (C=O) groups is 1. The predicted octanol–water partition coefficient (Wildman–Crippen LogP) is 2.56. The highest BCUT2D eigenvalue weighted by molar-refractivity contribution is 7.99. The second-order valence-corrected chi connectivity index (χ2v) is 9.49. The van der Waals surface area contributed by atoms with Crippen molar-refractivity contribution in [3.63, 3.8) is 0 Å². The summed E-state index contributed by atoms with van der Waals surface area (Å²) in [7, 11) is 2.46. The molecule has 0 aliphatic heterocycles. The van der Waals surface area contributed by atoms with Gasteiger partial charge in [-0.05, 0) is 30.3 Å². The van der Waals surface area contributed by atoms with Crippen LogP contribution in [0.5, 0.6) is 5.75 Å². The molecule has 1 N–H and O–H groups in total. The number of nitrogens with one attached hydrogen (secondary N) is 1. The SMILES string of the molecule is COc1ccc(NC(=O)CSc2nc3ccccc3n2C)cc1S(=O)(=O)N(C)C. The summed E-state index contributed by atoms with van der Waals surface area (Å²) < 4.78 is 33.2. The Morgan fingerprint density at radius 3 is 2.62 bits per heavy atom. The summed E-state index contributed by atoms with van der Waals surface area (Å²) in [6, 6.07) is 12.3. The number of nitrogens with zero attached hydrogens (tertiary/aromatic N) is 3. The Balaban J connectivity index is 1.74. The van der Waals surface area contributed by atoms with E-state index >= 15 is 0 Å². The van der Waals surface area contributed by atoms with Crippen LogP contribution in [0.3, 0.4) is 0 Å². The molecule has 0 bridgehead atoms. The molecule has 0 unspecified atom stereocenters. The van der Waals surface area contributed by atoms with E-state index in [1.54, 1.807) is 6.07 Å². The molecule has 0 fully saturated rings. The third-order valence-corrected chi connectivity index (χ3v) is 7.15. The Labute approximate surface area is 173 Å². The number of rotatable bonds is 7. The molecule has 0 saturated carbocycles. The van der Waals surface area contributed by atoms with Gasteiger partial charge in [0.1, 0.15) is 10.6 Å². The first kappa shape index (κ1) is 21.2. The summed E-state index contributed by atoms with van der Waals surface area (Å²) in [5, 5.41) is 3.46. The molecule has 3 aromatic rings. The van der Waals surface area contributed by atoms with Gasteiger partial charge in [-0.3, -0.25) is 4.79 Å². The lowest BCUT2D eigenvalue weighted by Crippen LogP contribution is -2.23. The van der Waals surface area contributed by atoms with Crippen molar-refractivity contribution in [3.05, 3.63) is 42.5 Å². The predicted molar refractivity (Wildman–Crippen MR) is 114 cm³/mol. The Morgan fingerprint density at radius 1 is 1.24 bits per heavy atom. The fourth-order valence-corrected chi connectivity index (χ4v) is 4.59. The van der Waals surface area contributed by atoms with E-state index in [1.165, 1.54) is 45.1 Å². The van der Waals surface area contributed by atoms with Crippen molar-refractivity contribution in [2.24, 2.45) is 7.05 Å². The fourth-order valence-electron chi connectivity index (χ4n) is 2.73. The van der Waals surface area contributed by atoms with Crippen LogP contribution in [-0.4, -0.2) is 55.1 Å². The van der Waals surface area contributed by atoms with Crippen molar-refractivity contribution >= 4 is 44.4 Å². The zero-order chi connectivity index (χ0) is 21.2. The molecule has 0 aliphatic carbocycles. The summed E-state index contributed by atoms with van der Waals surface area (Å²) in [5.41, 5.74) is 2.23. The van der Waals surface area contributed by atoms with Crippen LogP contribution in [0.25, 0.3) is 11.0 Å². The summed E-state index contributed by atoms with van der Waals surface area (Å²) >= 11 is 1.31. The molecule has 10 heteroatoms. The molecular formula is C19H22N4O4S2. The molecule has 0 spiro atoms. The molecule has 3 rings (SSSR count). The average molecular weight is 435 g/mol. The van der Waals surface area contributed by atoms with Crippen molar-refractivity contribution in [1.82, 2.24) is 13.9 Å². The number of fused-ring (bicyclic) bond motifs is 1. The van der Waals surface area contributed by atoms with E-state index in [0.29, 0.717) is 5.69 Å². The molecule has 29 heavy (non-hydrogen) atoms. The number of amides is 1. The molecule has 0 radical (unpaired) electrons. The molecular weight excluding hydrogens is 412 g/mol. The van der Waals surface area contributed by atoms with Crippen LogP contribution in [-0.2, 0) is 21.9 Å². The van der Waals surface area contributed by atoms with E-state index in [1.807, 2.05) is 35.9 Å². The molecule has 0 saturated heterocycles. The van der Waals surface area contributed by atoms with Crippen LogP contribution in [0.4, 0.5) is 5.69 Å². The lowest BCUT2D eigenvalue weighted by molar-refractivity contribution is -0.113. The number of hydrogen-bond acceptors (Lipinski definition) is 6. The number of imidazole rings is 1. The number of aryl methyl sites for hydroxylation is 1.